The number of fused-ring (bicyclic) bond motifs is 16. The second kappa shape index (κ2) is 16.5. The Balaban J connectivity index is 0.962. The van der Waals surface area contributed by atoms with Crippen LogP contribution in [0.2, 0.25) is 0 Å². The molecule has 1 spiro atoms. The molecule has 4 aliphatic rings. The number of aromatic nitrogens is 4. The highest BCUT2D eigenvalue weighted by Gasteiger charge is 2.55. The lowest BCUT2D eigenvalue weighted by Crippen LogP contribution is -2.48. The van der Waals surface area contributed by atoms with Crippen molar-refractivity contribution >= 4 is 44.8 Å². The van der Waals surface area contributed by atoms with E-state index in [9.17, 15) is 0 Å². The van der Waals surface area contributed by atoms with Crippen LogP contribution in [0.15, 0.2) is 273 Å². The zero-order chi connectivity index (χ0) is 50.8. The summed E-state index contributed by atoms with van der Waals surface area (Å²) < 4.78 is 2.41. The molecule has 12 aromatic rings. The van der Waals surface area contributed by atoms with Crippen molar-refractivity contribution in [2.75, 3.05) is 9.80 Å². The molecule has 2 aromatic heterocycles. The van der Waals surface area contributed by atoms with E-state index in [2.05, 4.69) is 252 Å². The number of hydrogen-bond acceptors (Lipinski definition) is 5. The van der Waals surface area contributed by atoms with Crippen LogP contribution >= 0.6 is 0 Å². The van der Waals surface area contributed by atoms with E-state index < -0.39 is 11.0 Å². The first-order chi connectivity index (χ1) is 38.1. The molecule has 2 atom stereocenters. The summed E-state index contributed by atoms with van der Waals surface area (Å²) in [7, 11) is 0. The van der Waals surface area contributed by atoms with Crippen LogP contribution in [0.3, 0.4) is 0 Å². The van der Waals surface area contributed by atoms with E-state index in [0.29, 0.717) is 17.6 Å². The van der Waals surface area contributed by atoms with E-state index in [1.54, 1.807) is 0 Å². The van der Waals surface area contributed by atoms with Gasteiger partial charge in [0.15, 0.2) is 11.6 Å². The van der Waals surface area contributed by atoms with Crippen molar-refractivity contribution in [2.45, 2.75) is 23.8 Å². The summed E-state index contributed by atoms with van der Waals surface area (Å²) in [6.07, 6.45) is 6.98. The van der Waals surface area contributed by atoms with Gasteiger partial charge in [-0.2, -0.15) is 9.97 Å². The Hall–Kier alpha value is -9.91. The summed E-state index contributed by atoms with van der Waals surface area (Å²) in [4.78, 5) is 20.8. The summed E-state index contributed by atoms with van der Waals surface area (Å²) in [6, 6.07) is 90.5. The van der Waals surface area contributed by atoms with E-state index in [-0.39, 0.29) is 5.92 Å². The van der Waals surface area contributed by atoms with Crippen molar-refractivity contribution in [3.63, 3.8) is 0 Å². The number of allylic oxidation sites excluding steroid dienone is 2. The third kappa shape index (κ3) is 6.09. The van der Waals surface area contributed by atoms with Crippen LogP contribution in [-0.2, 0) is 5.41 Å². The average molecular weight is 985 g/mol. The van der Waals surface area contributed by atoms with Crippen LogP contribution in [0.25, 0.3) is 72.5 Å². The fourth-order valence-electron chi connectivity index (χ4n) is 13.9. The summed E-state index contributed by atoms with van der Waals surface area (Å²) in [6.45, 7) is 2.44. The maximum absolute atomic E-state index is 5.37. The summed E-state index contributed by atoms with van der Waals surface area (Å²) in [5.41, 5.74) is 20.0. The van der Waals surface area contributed by atoms with Gasteiger partial charge in [-0.3, -0.25) is 4.90 Å². The third-order valence-corrected chi connectivity index (χ3v) is 16.9. The molecule has 0 fully saturated rings. The Morgan fingerprint density at radius 2 is 1.03 bits per heavy atom. The minimum Gasteiger partial charge on any atom is -0.330 e. The topological polar surface area (TPSA) is 50.1 Å². The van der Waals surface area contributed by atoms with E-state index in [1.807, 2.05) is 36.4 Å². The molecule has 6 heteroatoms. The predicted octanol–water partition coefficient (Wildman–Crippen LogP) is 16.9. The molecule has 0 bridgehead atoms. The molecule has 3 aliphatic carbocycles. The maximum Gasteiger partial charge on any atom is 0.238 e. The molecule has 6 nitrogen and oxygen atoms in total. The number of benzene rings is 10. The Bertz CT molecular complexity index is 4340. The van der Waals surface area contributed by atoms with Crippen LogP contribution in [-0.4, -0.2) is 25.1 Å². The number of hydrogen-bond donors (Lipinski definition) is 0. The molecule has 0 amide bonds. The van der Waals surface area contributed by atoms with E-state index in [0.717, 1.165) is 45.1 Å². The van der Waals surface area contributed by atoms with Gasteiger partial charge in [0.25, 0.3) is 0 Å². The summed E-state index contributed by atoms with van der Waals surface area (Å²) in [5.74, 6) is 1.64. The first-order valence-corrected chi connectivity index (χ1v) is 26.6. The predicted molar refractivity (Wildman–Crippen MR) is 313 cm³/mol. The van der Waals surface area contributed by atoms with Crippen molar-refractivity contribution in [3.8, 4) is 50.7 Å². The van der Waals surface area contributed by atoms with Gasteiger partial charge in [-0.05, 0) is 106 Å². The molecule has 0 radical (unpaired) electrons. The second-order valence-electron chi connectivity index (χ2n) is 20.8. The fourth-order valence-corrected chi connectivity index (χ4v) is 13.9. The molecule has 0 saturated heterocycles. The molecule has 16 rings (SSSR count). The standard InChI is InChI=1S/C71H48N6/c1-70(44-22-41-64-66(70)54-33-15-20-39-61(54)76(64)69-73-67(46-23-5-2-6-24-46)72-68(74-69)47-25-7-3-8-26-47)77(49-42-43-62-55(45-49)52-31-14-19-38-60(52)75(62)48-27-9-4-10-28-48)63-40-21-37-59-65(63)53-32-13-18-36-58(53)71(59)56-34-16-11-29-50(56)51-30-12-17-35-57(51)71/h2-45,66H,1H3. The lowest BCUT2D eigenvalue weighted by atomic mass is 9.70. The molecule has 10 aromatic carbocycles. The molecule has 77 heavy (non-hydrogen) atoms. The first kappa shape index (κ1) is 43.5. The Morgan fingerprint density at radius 3 is 1.73 bits per heavy atom. The lowest BCUT2D eigenvalue weighted by molar-refractivity contribution is 0.495. The van der Waals surface area contributed by atoms with E-state index in [1.165, 1.54) is 66.4 Å². The number of nitrogens with zero attached hydrogens (tertiary/aromatic N) is 6. The number of anilines is 4. The second-order valence-corrected chi connectivity index (χ2v) is 20.8. The highest BCUT2D eigenvalue weighted by atomic mass is 15.3. The smallest absolute Gasteiger partial charge is 0.238 e. The van der Waals surface area contributed by atoms with Crippen molar-refractivity contribution in [1.29, 1.82) is 0 Å². The molecule has 3 heterocycles. The van der Waals surface area contributed by atoms with Gasteiger partial charge < -0.3 is 9.47 Å². The monoisotopic (exact) mass is 984 g/mol. The highest BCUT2D eigenvalue weighted by Crippen LogP contribution is 2.66. The SMILES string of the molecule is CC1(N(c2ccc3c(c2)c2ccccc2n3-c2ccccc2)c2cccc3c2-c2ccccc2C32c3ccccc3-c3ccccc32)C=CC=C2C1c1ccccc1N2c1nc(-c2ccccc2)nc(-c2ccccc2)n1. The Morgan fingerprint density at radius 1 is 0.468 bits per heavy atom. The van der Waals surface area contributed by atoms with E-state index >= 15 is 0 Å². The van der Waals surface area contributed by atoms with Crippen molar-refractivity contribution in [2.24, 2.45) is 0 Å². The normalized spacial score (nSPS) is 16.9. The van der Waals surface area contributed by atoms with Crippen molar-refractivity contribution in [3.05, 3.63) is 300 Å². The van der Waals surface area contributed by atoms with Gasteiger partial charge >= 0.3 is 0 Å². The van der Waals surface area contributed by atoms with Gasteiger partial charge in [0.2, 0.25) is 5.95 Å². The van der Waals surface area contributed by atoms with Crippen LogP contribution in [0.5, 0.6) is 0 Å². The fraction of sp³-hybridized carbons (Fsp3) is 0.0563. The molecule has 0 saturated carbocycles. The molecule has 2 unspecified atom stereocenters. The van der Waals surface area contributed by atoms with E-state index in [4.69, 9.17) is 15.0 Å². The average Bonchev–Trinajstić information content (AvgIpc) is 4.42. The van der Waals surface area contributed by atoms with Gasteiger partial charge in [-0.15, -0.1) is 0 Å². The van der Waals surface area contributed by atoms with Crippen LogP contribution < -0.4 is 9.80 Å². The maximum atomic E-state index is 5.37. The first-order valence-electron chi connectivity index (χ1n) is 26.6. The lowest BCUT2D eigenvalue weighted by Gasteiger charge is -2.48. The summed E-state index contributed by atoms with van der Waals surface area (Å²) in [5, 5.41) is 2.39. The molecule has 362 valence electrons. The number of rotatable bonds is 7. The van der Waals surface area contributed by atoms with Gasteiger partial charge in [0, 0.05) is 44.5 Å². The molecule has 0 N–H and O–H groups in total. The van der Waals surface area contributed by atoms with Crippen LogP contribution in [0.1, 0.15) is 40.7 Å². The van der Waals surface area contributed by atoms with Gasteiger partial charge in [0.05, 0.1) is 39.3 Å². The van der Waals surface area contributed by atoms with Crippen LogP contribution in [0, 0.1) is 0 Å². The van der Waals surface area contributed by atoms with Crippen molar-refractivity contribution < 1.29 is 0 Å². The Kier molecular flexibility index (Phi) is 9.34. The minimum absolute atomic E-state index is 0.184. The zero-order valence-electron chi connectivity index (χ0n) is 42.2. The molecular weight excluding hydrogens is 937 g/mol. The Labute approximate surface area is 446 Å². The quantitative estimate of drug-likeness (QED) is 0.159. The van der Waals surface area contributed by atoms with Crippen molar-refractivity contribution in [1.82, 2.24) is 19.5 Å². The highest BCUT2D eigenvalue weighted by molar-refractivity contribution is 6.11. The third-order valence-electron chi connectivity index (χ3n) is 16.9. The molecular formula is C71H48N6. The van der Waals surface area contributed by atoms with Gasteiger partial charge in [0.1, 0.15) is 0 Å². The molecule has 1 aliphatic heterocycles. The largest absolute Gasteiger partial charge is 0.330 e. The minimum atomic E-state index is -0.719. The van der Waals surface area contributed by atoms with Gasteiger partial charge in [-0.25, -0.2) is 4.98 Å². The number of para-hydroxylation sites is 3. The zero-order valence-corrected chi connectivity index (χ0v) is 42.2. The van der Waals surface area contributed by atoms with Crippen LogP contribution in [0.4, 0.5) is 23.0 Å². The van der Waals surface area contributed by atoms with Gasteiger partial charge in [-0.1, -0.05) is 212 Å². The summed E-state index contributed by atoms with van der Waals surface area (Å²) >= 11 is 0.